The topological polar surface area (TPSA) is 50.8 Å². The fourth-order valence-electron chi connectivity index (χ4n) is 1.60. The molecule has 1 aromatic carbocycles. The van der Waals surface area contributed by atoms with E-state index in [0.29, 0.717) is 0 Å². The Kier molecular flexibility index (Phi) is 3.30. The first-order chi connectivity index (χ1) is 8.27. The van der Waals surface area contributed by atoms with Crippen LogP contribution in [0.4, 0.5) is 5.69 Å². The first-order valence-electron chi connectivity index (χ1n) is 5.01. The third-order valence-corrected chi connectivity index (χ3v) is 4.59. The molecule has 0 unspecified atom stereocenters. The molecule has 82 valence electrons. The van der Waals surface area contributed by atoms with Crippen LogP contribution in [0.2, 0.25) is 0 Å². The van der Waals surface area contributed by atoms with Gasteiger partial charge in [0.2, 0.25) is 0 Å². The standard InChI is InChI=1S/C13H9N3Se/c1-10-9-17-13(11(7-14)8-15)16(10)12-5-3-2-4-6-12/h2-6,9H,1H3. The van der Waals surface area contributed by atoms with Gasteiger partial charge in [-0.25, -0.2) is 0 Å². The molecule has 0 fully saturated rings. The molecule has 0 saturated heterocycles. The van der Waals surface area contributed by atoms with Gasteiger partial charge in [-0.05, 0) is 0 Å². The third kappa shape index (κ3) is 2.10. The molecule has 1 heterocycles. The van der Waals surface area contributed by atoms with Gasteiger partial charge < -0.3 is 0 Å². The summed E-state index contributed by atoms with van der Waals surface area (Å²) in [4.78, 5) is 4.08. The van der Waals surface area contributed by atoms with Crippen LogP contribution in [0, 0.1) is 22.7 Å². The molecule has 3 nitrogen and oxygen atoms in total. The summed E-state index contributed by atoms with van der Waals surface area (Å²) in [5.74, 6) is 0. The van der Waals surface area contributed by atoms with E-state index in [0.717, 1.165) is 16.0 Å². The predicted molar refractivity (Wildman–Crippen MR) is 66.7 cm³/mol. The van der Waals surface area contributed by atoms with Crippen molar-refractivity contribution in [1.82, 2.24) is 0 Å². The third-order valence-electron chi connectivity index (χ3n) is 2.35. The number of anilines is 1. The van der Waals surface area contributed by atoms with Crippen molar-refractivity contribution in [1.29, 1.82) is 10.5 Å². The second-order valence-corrected chi connectivity index (χ2v) is 5.25. The number of hydrogen-bond acceptors (Lipinski definition) is 3. The van der Waals surface area contributed by atoms with Crippen LogP contribution in [0.25, 0.3) is 0 Å². The second kappa shape index (κ2) is 4.89. The SMILES string of the molecule is CC1=C[Se]C(=C(C#N)C#N)N1c1ccccc1. The number of nitriles is 2. The molecule has 1 aliphatic rings. The summed E-state index contributed by atoms with van der Waals surface area (Å²) >= 11 is 0.0563. The second-order valence-electron chi connectivity index (χ2n) is 3.45. The number of para-hydroxylation sites is 1. The van der Waals surface area contributed by atoms with E-state index in [1.807, 2.05) is 54.3 Å². The van der Waals surface area contributed by atoms with Gasteiger partial charge in [0.25, 0.3) is 0 Å². The molecule has 0 N–H and O–H groups in total. The van der Waals surface area contributed by atoms with Crippen LogP contribution in [0.5, 0.6) is 0 Å². The molecule has 2 rings (SSSR count). The van der Waals surface area contributed by atoms with Crippen molar-refractivity contribution in [2.75, 3.05) is 4.90 Å². The molecular formula is C13H9N3Se. The van der Waals surface area contributed by atoms with Crippen molar-refractivity contribution in [3.05, 3.63) is 51.2 Å². The number of nitrogens with zero attached hydrogens (tertiary/aromatic N) is 3. The predicted octanol–water partition coefficient (Wildman–Crippen LogP) is 2.33. The molecule has 0 aromatic heterocycles. The van der Waals surface area contributed by atoms with E-state index >= 15 is 0 Å². The van der Waals surface area contributed by atoms with E-state index in [1.165, 1.54) is 0 Å². The number of benzene rings is 1. The van der Waals surface area contributed by atoms with Gasteiger partial charge >= 0.3 is 106 Å². The zero-order valence-corrected chi connectivity index (χ0v) is 10.9. The zero-order valence-electron chi connectivity index (χ0n) is 9.21. The van der Waals surface area contributed by atoms with Crippen molar-refractivity contribution >= 4 is 20.6 Å². The molecule has 0 spiro atoms. The van der Waals surface area contributed by atoms with E-state index in [-0.39, 0.29) is 20.5 Å². The molecule has 0 amide bonds. The van der Waals surface area contributed by atoms with Gasteiger partial charge in [0.15, 0.2) is 0 Å². The quantitative estimate of drug-likeness (QED) is 0.588. The zero-order chi connectivity index (χ0) is 12.3. The summed E-state index contributed by atoms with van der Waals surface area (Å²) < 4.78 is 0.825. The molecule has 0 aliphatic carbocycles. The molecule has 1 aromatic rings. The molecule has 1 aliphatic heterocycles. The molecule has 0 saturated carbocycles. The Bertz CT molecular complexity index is 557. The Morgan fingerprint density at radius 1 is 1.18 bits per heavy atom. The summed E-state index contributed by atoms with van der Waals surface area (Å²) in [7, 11) is 0. The van der Waals surface area contributed by atoms with E-state index < -0.39 is 0 Å². The maximum atomic E-state index is 8.97. The van der Waals surface area contributed by atoms with Crippen LogP contribution in [0.15, 0.2) is 51.2 Å². The van der Waals surface area contributed by atoms with E-state index in [1.54, 1.807) is 0 Å². The minimum atomic E-state index is 0.0563. The molecule has 17 heavy (non-hydrogen) atoms. The average Bonchev–Trinajstić information content (AvgIpc) is 2.74. The molecular weight excluding hydrogens is 277 g/mol. The molecule has 0 radical (unpaired) electrons. The fourth-order valence-corrected chi connectivity index (χ4v) is 3.59. The van der Waals surface area contributed by atoms with Gasteiger partial charge in [-0.15, -0.1) is 0 Å². The van der Waals surface area contributed by atoms with Gasteiger partial charge in [0.05, 0.1) is 0 Å². The normalized spacial score (nSPS) is 13.9. The Hall–Kier alpha value is -2.00. The van der Waals surface area contributed by atoms with Crippen LogP contribution < -0.4 is 4.90 Å². The van der Waals surface area contributed by atoms with E-state index in [4.69, 9.17) is 10.5 Å². The summed E-state index contributed by atoms with van der Waals surface area (Å²) in [5.41, 5.74) is 2.29. The van der Waals surface area contributed by atoms with Gasteiger partial charge in [0, 0.05) is 0 Å². The van der Waals surface area contributed by atoms with Gasteiger partial charge in [-0.2, -0.15) is 0 Å². The van der Waals surface area contributed by atoms with Crippen molar-refractivity contribution in [3.63, 3.8) is 0 Å². The van der Waals surface area contributed by atoms with Crippen LogP contribution in [0.1, 0.15) is 6.92 Å². The van der Waals surface area contributed by atoms with Crippen molar-refractivity contribution in [3.8, 4) is 12.1 Å². The fraction of sp³-hybridized carbons (Fsp3) is 0.0769. The summed E-state index contributed by atoms with van der Waals surface area (Å²) in [5, 5.41) is 17.9. The summed E-state index contributed by atoms with van der Waals surface area (Å²) in [6.07, 6.45) is 0. The Morgan fingerprint density at radius 2 is 1.82 bits per heavy atom. The Morgan fingerprint density at radius 3 is 2.41 bits per heavy atom. The number of hydrogen-bond donors (Lipinski definition) is 0. The molecule has 0 bridgehead atoms. The van der Waals surface area contributed by atoms with Crippen molar-refractivity contribution in [2.45, 2.75) is 6.92 Å². The maximum absolute atomic E-state index is 8.97. The number of allylic oxidation sites excluding steroid dienone is 2. The van der Waals surface area contributed by atoms with E-state index in [9.17, 15) is 0 Å². The first kappa shape index (κ1) is 11.5. The summed E-state index contributed by atoms with van der Waals surface area (Å²) in [6.45, 7) is 1.99. The van der Waals surface area contributed by atoms with Gasteiger partial charge in [-0.3, -0.25) is 0 Å². The Balaban J connectivity index is 2.52. The van der Waals surface area contributed by atoms with Crippen molar-refractivity contribution in [2.24, 2.45) is 0 Å². The van der Waals surface area contributed by atoms with Gasteiger partial charge in [0.1, 0.15) is 0 Å². The minimum absolute atomic E-state index is 0.0563. The van der Waals surface area contributed by atoms with Crippen molar-refractivity contribution < 1.29 is 0 Å². The Labute approximate surface area is 106 Å². The average molecular weight is 286 g/mol. The van der Waals surface area contributed by atoms with Crippen LogP contribution in [-0.2, 0) is 0 Å². The molecule has 4 heteroatoms. The molecule has 0 atom stereocenters. The van der Waals surface area contributed by atoms with E-state index in [2.05, 4.69) is 4.97 Å². The van der Waals surface area contributed by atoms with Crippen LogP contribution in [0.3, 0.4) is 0 Å². The van der Waals surface area contributed by atoms with Crippen LogP contribution in [-0.4, -0.2) is 15.0 Å². The summed E-state index contributed by atoms with van der Waals surface area (Å²) in [6, 6.07) is 13.7. The number of rotatable bonds is 1. The first-order valence-corrected chi connectivity index (χ1v) is 6.85. The monoisotopic (exact) mass is 287 g/mol. The van der Waals surface area contributed by atoms with Gasteiger partial charge in [-0.1, -0.05) is 0 Å². The van der Waals surface area contributed by atoms with Crippen LogP contribution >= 0.6 is 0 Å².